The molecule has 2 aliphatic rings. The predicted molar refractivity (Wildman–Crippen MR) is 116 cm³/mol. The smallest absolute Gasteiger partial charge is 0.163 e. The van der Waals surface area contributed by atoms with Gasteiger partial charge in [-0.3, -0.25) is 0 Å². The third-order valence-electron chi connectivity index (χ3n) is 5.82. The van der Waals surface area contributed by atoms with Crippen LogP contribution in [0, 0.1) is 0 Å². The molecule has 0 spiro atoms. The molecule has 150 valence electrons. The SMILES string of the molecule is CN1CCCN(c2cc(N3CCCN(C)CC3)nc(-c3ccccc3)n2)CC1. The first-order valence-electron chi connectivity index (χ1n) is 10.5. The Balaban J connectivity index is 1.68. The average molecular weight is 381 g/mol. The van der Waals surface area contributed by atoms with E-state index in [4.69, 9.17) is 9.97 Å². The Bertz CT molecular complexity index is 723. The van der Waals surface area contributed by atoms with Crippen LogP contribution in [0.3, 0.4) is 0 Å². The maximum Gasteiger partial charge on any atom is 0.163 e. The van der Waals surface area contributed by atoms with Crippen molar-refractivity contribution in [3.63, 3.8) is 0 Å². The molecule has 28 heavy (non-hydrogen) atoms. The van der Waals surface area contributed by atoms with Gasteiger partial charge in [0, 0.05) is 50.9 Å². The number of anilines is 2. The second-order valence-corrected chi connectivity index (χ2v) is 8.06. The Hall–Kier alpha value is -2.18. The third kappa shape index (κ3) is 4.62. The summed E-state index contributed by atoms with van der Waals surface area (Å²) in [5.74, 6) is 2.97. The van der Waals surface area contributed by atoms with Gasteiger partial charge in [-0.05, 0) is 40.0 Å². The second-order valence-electron chi connectivity index (χ2n) is 8.06. The summed E-state index contributed by atoms with van der Waals surface area (Å²) in [7, 11) is 4.41. The summed E-state index contributed by atoms with van der Waals surface area (Å²) in [5.41, 5.74) is 1.09. The highest BCUT2D eigenvalue weighted by Crippen LogP contribution is 2.26. The molecule has 0 saturated carbocycles. The molecule has 0 radical (unpaired) electrons. The zero-order valence-electron chi connectivity index (χ0n) is 17.2. The van der Waals surface area contributed by atoms with Crippen molar-refractivity contribution in [2.75, 3.05) is 76.3 Å². The van der Waals surface area contributed by atoms with Crippen molar-refractivity contribution >= 4 is 11.6 Å². The van der Waals surface area contributed by atoms with Crippen LogP contribution in [0.15, 0.2) is 36.4 Å². The summed E-state index contributed by atoms with van der Waals surface area (Å²) in [6, 6.07) is 12.6. The number of hydrogen-bond acceptors (Lipinski definition) is 6. The Morgan fingerprint density at radius 3 is 1.71 bits per heavy atom. The number of rotatable bonds is 3. The number of aromatic nitrogens is 2. The molecule has 0 atom stereocenters. The fourth-order valence-corrected chi connectivity index (χ4v) is 4.01. The summed E-state index contributed by atoms with van der Waals surface area (Å²) in [6.07, 6.45) is 2.34. The highest BCUT2D eigenvalue weighted by molar-refractivity contribution is 5.62. The first kappa shape index (κ1) is 19.2. The molecular formula is C22H32N6. The van der Waals surface area contributed by atoms with E-state index in [2.05, 4.69) is 64.0 Å². The summed E-state index contributed by atoms with van der Waals surface area (Å²) in [4.78, 5) is 19.7. The van der Waals surface area contributed by atoms with Crippen LogP contribution in [0.25, 0.3) is 11.4 Å². The fourth-order valence-electron chi connectivity index (χ4n) is 4.01. The molecule has 0 aliphatic carbocycles. The topological polar surface area (TPSA) is 38.7 Å². The zero-order valence-corrected chi connectivity index (χ0v) is 17.2. The van der Waals surface area contributed by atoms with Crippen LogP contribution < -0.4 is 9.80 Å². The minimum atomic E-state index is 0.836. The minimum absolute atomic E-state index is 0.836. The van der Waals surface area contributed by atoms with E-state index in [0.717, 1.165) is 75.4 Å². The van der Waals surface area contributed by atoms with Crippen molar-refractivity contribution in [1.29, 1.82) is 0 Å². The van der Waals surface area contributed by atoms with Gasteiger partial charge in [0.25, 0.3) is 0 Å². The molecule has 6 heteroatoms. The fraction of sp³-hybridized carbons (Fsp3) is 0.545. The standard InChI is InChI=1S/C22H32N6/c1-25-10-6-12-27(16-14-25)20-18-21(28-13-7-11-26(2)15-17-28)24-22(23-20)19-8-4-3-5-9-19/h3-5,8-9,18H,6-7,10-17H2,1-2H3. The lowest BCUT2D eigenvalue weighted by atomic mass is 10.2. The Morgan fingerprint density at radius 1 is 0.643 bits per heavy atom. The first-order valence-corrected chi connectivity index (χ1v) is 10.5. The van der Waals surface area contributed by atoms with Crippen LogP contribution in [0.2, 0.25) is 0 Å². The summed E-state index contributed by atoms with van der Waals surface area (Å²) >= 11 is 0. The van der Waals surface area contributed by atoms with Crippen LogP contribution in [-0.2, 0) is 0 Å². The normalized spacial score (nSPS) is 20.1. The van der Waals surface area contributed by atoms with E-state index < -0.39 is 0 Å². The molecule has 0 unspecified atom stereocenters. The zero-order chi connectivity index (χ0) is 19.3. The lowest BCUT2D eigenvalue weighted by molar-refractivity contribution is 0.360. The van der Waals surface area contributed by atoms with E-state index in [0.29, 0.717) is 0 Å². The van der Waals surface area contributed by atoms with E-state index in [1.165, 1.54) is 12.8 Å². The van der Waals surface area contributed by atoms with Gasteiger partial charge >= 0.3 is 0 Å². The monoisotopic (exact) mass is 380 g/mol. The van der Waals surface area contributed by atoms with Crippen molar-refractivity contribution < 1.29 is 0 Å². The summed E-state index contributed by atoms with van der Waals surface area (Å²) in [6.45, 7) is 8.60. The minimum Gasteiger partial charge on any atom is -0.355 e. The van der Waals surface area contributed by atoms with Gasteiger partial charge in [0.05, 0.1) is 0 Å². The van der Waals surface area contributed by atoms with E-state index in [1.807, 2.05) is 6.07 Å². The van der Waals surface area contributed by atoms with Crippen molar-refractivity contribution in [2.24, 2.45) is 0 Å². The van der Waals surface area contributed by atoms with Gasteiger partial charge in [-0.15, -0.1) is 0 Å². The van der Waals surface area contributed by atoms with Crippen molar-refractivity contribution in [3.05, 3.63) is 36.4 Å². The van der Waals surface area contributed by atoms with E-state index in [9.17, 15) is 0 Å². The van der Waals surface area contributed by atoms with Gasteiger partial charge in [-0.25, -0.2) is 9.97 Å². The number of hydrogen-bond donors (Lipinski definition) is 0. The average Bonchev–Trinajstić information content (AvgIpc) is 3.08. The maximum absolute atomic E-state index is 4.99. The highest BCUT2D eigenvalue weighted by Gasteiger charge is 2.20. The number of benzene rings is 1. The van der Waals surface area contributed by atoms with Gasteiger partial charge in [0.2, 0.25) is 0 Å². The summed E-state index contributed by atoms with van der Waals surface area (Å²) < 4.78 is 0. The van der Waals surface area contributed by atoms with Crippen LogP contribution in [0.4, 0.5) is 11.6 Å². The van der Waals surface area contributed by atoms with Crippen molar-refractivity contribution in [2.45, 2.75) is 12.8 Å². The highest BCUT2D eigenvalue weighted by atomic mass is 15.3. The maximum atomic E-state index is 4.99. The van der Waals surface area contributed by atoms with Crippen LogP contribution in [0.5, 0.6) is 0 Å². The van der Waals surface area contributed by atoms with Crippen LogP contribution >= 0.6 is 0 Å². The molecule has 6 nitrogen and oxygen atoms in total. The molecule has 0 bridgehead atoms. The lowest BCUT2D eigenvalue weighted by Crippen LogP contribution is -2.32. The van der Waals surface area contributed by atoms with Crippen LogP contribution in [0.1, 0.15) is 12.8 Å². The number of nitrogens with zero attached hydrogens (tertiary/aromatic N) is 6. The first-order chi connectivity index (χ1) is 13.7. The molecule has 2 saturated heterocycles. The van der Waals surface area contributed by atoms with Gasteiger partial charge < -0.3 is 19.6 Å². The van der Waals surface area contributed by atoms with Crippen LogP contribution in [-0.4, -0.2) is 86.2 Å². The summed E-state index contributed by atoms with van der Waals surface area (Å²) in [5, 5.41) is 0. The predicted octanol–water partition coefficient (Wildman–Crippen LogP) is 2.43. The quantitative estimate of drug-likeness (QED) is 0.814. The molecular weight excluding hydrogens is 348 g/mol. The van der Waals surface area contributed by atoms with E-state index in [1.54, 1.807) is 0 Å². The van der Waals surface area contributed by atoms with Gasteiger partial charge in [0.1, 0.15) is 11.6 Å². The molecule has 2 aliphatic heterocycles. The Morgan fingerprint density at radius 2 is 1.18 bits per heavy atom. The Kier molecular flexibility index (Phi) is 6.07. The third-order valence-corrected chi connectivity index (χ3v) is 5.82. The molecule has 0 N–H and O–H groups in total. The van der Waals surface area contributed by atoms with E-state index in [-0.39, 0.29) is 0 Å². The molecule has 0 amide bonds. The lowest BCUT2D eigenvalue weighted by Gasteiger charge is -2.26. The molecule has 2 aromatic rings. The largest absolute Gasteiger partial charge is 0.355 e. The van der Waals surface area contributed by atoms with Crippen molar-refractivity contribution in [3.8, 4) is 11.4 Å². The van der Waals surface area contributed by atoms with Crippen molar-refractivity contribution in [1.82, 2.24) is 19.8 Å². The Labute approximate surface area is 168 Å². The number of likely N-dealkylation sites (N-methyl/N-ethyl adjacent to an activating group) is 2. The van der Waals surface area contributed by atoms with Gasteiger partial charge in [0.15, 0.2) is 5.82 Å². The molecule has 3 heterocycles. The van der Waals surface area contributed by atoms with E-state index >= 15 is 0 Å². The van der Waals surface area contributed by atoms with Gasteiger partial charge in [-0.2, -0.15) is 0 Å². The molecule has 1 aromatic heterocycles. The van der Waals surface area contributed by atoms with Gasteiger partial charge in [-0.1, -0.05) is 30.3 Å². The molecule has 1 aromatic carbocycles. The molecule has 2 fully saturated rings. The molecule has 4 rings (SSSR count). The second kappa shape index (κ2) is 8.88.